The van der Waals surface area contributed by atoms with E-state index in [1.807, 2.05) is 24.8 Å². The standard InChI is InChI=1S/C25H41N5O5.C3H6O2.C2H6/c26-7-13-32-15-17-34-18-16-33-14-11-30-20-22-19-23(5-3-21(22)4-6-24(30)31)35-12-2-10-29-25-27-8-1-9-28-25;1-3(4)5-2;1-2/h3,5,19H,1-2,4,6-18,20,26H2,(H2,27,28,29);1-2H3;1-2H3. The van der Waals surface area contributed by atoms with Crippen molar-refractivity contribution in [1.82, 2.24) is 15.5 Å². The normalized spacial score (nSPS) is 14.1. The predicted octanol–water partition coefficient (Wildman–Crippen LogP) is 1.88. The molecule has 0 aliphatic carbocycles. The Morgan fingerprint density at radius 1 is 1.02 bits per heavy atom. The van der Waals surface area contributed by atoms with Gasteiger partial charge in [0, 0.05) is 52.6 Å². The number of carbonyl (C=O) groups is 2. The van der Waals surface area contributed by atoms with Crippen LogP contribution in [-0.2, 0) is 41.5 Å². The topological polar surface area (TPSA) is 146 Å². The summed E-state index contributed by atoms with van der Waals surface area (Å²) in [4.78, 5) is 28.5. The Labute approximate surface area is 251 Å². The summed E-state index contributed by atoms with van der Waals surface area (Å²) in [6.07, 6.45) is 3.24. The molecule has 2 aliphatic rings. The lowest BCUT2D eigenvalue weighted by atomic mass is 10.0. The SMILES string of the molecule is CC.COC(C)=O.NCCOCCOCCOCCN1Cc2cc(OCCCNC3=NCCCN3)ccc2CCC1=O. The maximum Gasteiger partial charge on any atom is 0.302 e. The Balaban J connectivity index is 0.00000114. The van der Waals surface area contributed by atoms with Crippen molar-refractivity contribution >= 4 is 17.8 Å². The van der Waals surface area contributed by atoms with Crippen LogP contribution >= 0.6 is 0 Å². The van der Waals surface area contributed by atoms with Gasteiger partial charge in [0.05, 0.1) is 53.4 Å². The molecule has 0 saturated carbocycles. The summed E-state index contributed by atoms with van der Waals surface area (Å²) in [7, 11) is 1.35. The lowest BCUT2D eigenvalue weighted by Gasteiger charge is -2.21. The Bertz CT molecular complexity index is 901. The van der Waals surface area contributed by atoms with E-state index >= 15 is 0 Å². The van der Waals surface area contributed by atoms with Crippen LogP contribution in [0.25, 0.3) is 0 Å². The number of ether oxygens (including phenoxy) is 5. The number of hydrogen-bond donors (Lipinski definition) is 3. The molecule has 2 aliphatic heterocycles. The smallest absolute Gasteiger partial charge is 0.302 e. The molecule has 0 spiro atoms. The summed E-state index contributed by atoms with van der Waals surface area (Å²) < 4.78 is 26.5. The predicted molar refractivity (Wildman–Crippen MR) is 164 cm³/mol. The first-order chi connectivity index (χ1) is 20.5. The molecule has 0 saturated heterocycles. The van der Waals surface area contributed by atoms with Crippen molar-refractivity contribution in [3.63, 3.8) is 0 Å². The summed E-state index contributed by atoms with van der Waals surface area (Å²) in [5, 5.41) is 6.56. The number of rotatable bonds is 16. The molecule has 1 aromatic rings. The quantitative estimate of drug-likeness (QED) is 0.191. The number of hydrogen-bond acceptors (Lipinski definition) is 11. The molecule has 2 heterocycles. The average molecular weight is 596 g/mol. The number of amides is 1. The van der Waals surface area contributed by atoms with E-state index in [-0.39, 0.29) is 11.9 Å². The molecule has 42 heavy (non-hydrogen) atoms. The number of nitrogens with zero attached hydrogens (tertiary/aromatic N) is 2. The molecule has 0 atom stereocenters. The second kappa shape index (κ2) is 24.6. The van der Waals surface area contributed by atoms with E-state index in [1.54, 1.807) is 0 Å². The van der Waals surface area contributed by atoms with Gasteiger partial charge in [-0.3, -0.25) is 14.6 Å². The zero-order valence-electron chi connectivity index (χ0n) is 26.1. The minimum absolute atomic E-state index is 0.158. The monoisotopic (exact) mass is 595 g/mol. The van der Waals surface area contributed by atoms with Gasteiger partial charge in [0.2, 0.25) is 5.91 Å². The lowest BCUT2D eigenvalue weighted by Crippen LogP contribution is -2.41. The molecular formula is C30H53N5O7. The molecule has 1 amide bonds. The summed E-state index contributed by atoms with van der Waals surface area (Å²) in [6, 6.07) is 6.16. The fraction of sp³-hybridized carbons (Fsp3) is 0.700. The first-order valence-electron chi connectivity index (χ1n) is 15.1. The summed E-state index contributed by atoms with van der Waals surface area (Å²) >= 11 is 0. The third kappa shape index (κ3) is 17.1. The Hall–Kier alpha value is -2.93. The van der Waals surface area contributed by atoms with Gasteiger partial charge in [0.15, 0.2) is 5.96 Å². The highest BCUT2D eigenvalue weighted by atomic mass is 16.5. The maximum absolute atomic E-state index is 12.6. The van der Waals surface area contributed by atoms with Crippen molar-refractivity contribution in [3.8, 4) is 5.75 Å². The minimum atomic E-state index is -0.245. The number of aliphatic imine (C=N–C) groups is 1. The van der Waals surface area contributed by atoms with Crippen LogP contribution in [0, 0.1) is 0 Å². The van der Waals surface area contributed by atoms with E-state index in [0.717, 1.165) is 56.2 Å². The average Bonchev–Trinajstić information content (AvgIpc) is 3.17. The third-order valence-electron chi connectivity index (χ3n) is 6.08. The number of aryl methyl sites for hydroxylation is 1. The molecule has 0 fully saturated rings. The van der Waals surface area contributed by atoms with Gasteiger partial charge >= 0.3 is 5.97 Å². The van der Waals surface area contributed by atoms with Gasteiger partial charge in [-0.1, -0.05) is 19.9 Å². The van der Waals surface area contributed by atoms with E-state index in [4.69, 9.17) is 24.7 Å². The van der Waals surface area contributed by atoms with Crippen molar-refractivity contribution in [2.45, 2.75) is 53.0 Å². The number of fused-ring (bicyclic) bond motifs is 1. The maximum atomic E-state index is 12.6. The van der Waals surface area contributed by atoms with Gasteiger partial charge in [0.25, 0.3) is 0 Å². The highest BCUT2D eigenvalue weighted by Gasteiger charge is 2.20. The summed E-state index contributed by atoms with van der Waals surface area (Å²) in [5.41, 5.74) is 7.72. The van der Waals surface area contributed by atoms with Crippen molar-refractivity contribution < 1.29 is 33.3 Å². The first-order valence-corrected chi connectivity index (χ1v) is 15.1. The lowest BCUT2D eigenvalue weighted by molar-refractivity contribution is -0.138. The third-order valence-corrected chi connectivity index (χ3v) is 6.08. The molecule has 12 heteroatoms. The minimum Gasteiger partial charge on any atom is -0.494 e. The van der Waals surface area contributed by atoms with Crippen LogP contribution in [0.4, 0.5) is 0 Å². The molecule has 0 aromatic heterocycles. The largest absolute Gasteiger partial charge is 0.494 e. The van der Waals surface area contributed by atoms with E-state index in [9.17, 15) is 9.59 Å². The molecule has 12 nitrogen and oxygen atoms in total. The second-order valence-electron chi connectivity index (χ2n) is 9.21. The van der Waals surface area contributed by atoms with Crippen LogP contribution in [0.5, 0.6) is 5.75 Å². The Morgan fingerprint density at radius 2 is 1.71 bits per heavy atom. The highest BCUT2D eigenvalue weighted by molar-refractivity contribution is 5.80. The number of nitrogens with two attached hydrogens (primary N) is 1. The summed E-state index contributed by atoms with van der Waals surface area (Å²) in [5.74, 6) is 1.64. The van der Waals surface area contributed by atoms with Gasteiger partial charge in [-0.2, -0.15) is 0 Å². The second-order valence-corrected chi connectivity index (χ2v) is 9.21. The van der Waals surface area contributed by atoms with E-state index < -0.39 is 0 Å². The molecule has 0 unspecified atom stereocenters. The molecule has 4 N–H and O–H groups in total. The number of methoxy groups -OCH3 is 1. The zero-order valence-corrected chi connectivity index (χ0v) is 26.1. The van der Waals surface area contributed by atoms with Crippen LogP contribution in [0.1, 0.15) is 51.2 Å². The molecule has 0 radical (unpaired) electrons. The van der Waals surface area contributed by atoms with Crippen LogP contribution in [0.3, 0.4) is 0 Å². The number of benzene rings is 1. The van der Waals surface area contributed by atoms with Gasteiger partial charge < -0.3 is 45.0 Å². The zero-order chi connectivity index (χ0) is 30.8. The van der Waals surface area contributed by atoms with Crippen LogP contribution < -0.4 is 21.1 Å². The molecule has 0 bridgehead atoms. The number of guanidine groups is 1. The fourth-order valence-electron chi connectivity index (χ4n) is 3.90. The number of carbonyl (C=O) groups excluding carboxylic acids is 2. The van der Waals surface area contributed by atoms with E-state index in [0.29, 0.717) is 72.3 Å². The van der Waals surface area contributed by atoms with Crippen molar-refractivity contribution in [2.24, 2.45) is 10.7 Å². The summed E-state index contributed by atoms with van der Waals surface area (Å²) in [6.45, 7) is 13.4. The van der Waals surface area contributed by atoms with Crippen molar-refractivity contribution in [2.75, 3.05) is 86.1 Å². The van der Waals surface area contributed by atoms with Crippen molar-refractivity contribution in [1.29, 1.82) is 0 Å². The van der Waals surface area contributed by atoms with Crippen molar-refractivity contribution in [3.05, 3.63) is 29.3 Å². The Morgan fingerprint density at radius 3 is 2.36 bits per heavy atom. The molecule has 1 aromatic carbocycles. The fourth-order valence-corrected chi connectivity index (χ4v) is 3.90. The van der Waals surface area contributed by atoms with E-state index in [1.165, 1.54) is 19.6 Å². The number of nitrogens with one attached hydrogen (secondary N) is 2. The first kappa shape index (κ1) is 37.1. The Kier molecular flexibility index (Phi) is 21.8. The van der Waals surface area contributed by atoms with Crippen LogP contribution in [0.15, 0.2) is 23.2 Å². The molecular weight excluding hydrogens is 542 g/mol. The van der Waals surface area contributed by atoms with Gasteiger partial charge in [-0.25, -0.2) is 0 Å². The van der Waals surface area contributed by atoms with Gasteiger partial charge in [-0.05, 0) is 42.5 Å². The van der Waals surface area contributed by atoms with Gasteiger partial charge in [-0.15, -0.1) is 0 Å². The van der Waals surface area contributed by atoms with Gasteiger partial charge in [0.1, 0.15) is 5.75 Å². The molecule has 240 valence electrons. The van der Waals surface area contributed by atoms with Crippen LogP contribution in [0.2, 0.25) is 0 Å². The van der Waals surface area contributed by atoms with Crippen LogP contribution in [-0.4, -0.2) is 109 Å². The number of esters is 1. The van der Waals surface area contributed by atoms with E-state index in [2.05, 4.69) is 32.5 Å². The molecule has 3 rings (SSSR count). The highest BCUT2D eigenvalue weighted by Crippen LogP contribution is 2.24.